The average Bonchev–Trinajstić information content (AvgIpc) is 3.76. The molecule has 6 rings (SSSR count). The third-order valence-electron chi connectivity index (χ3n) is 9.37. The van der Waals surface area contributed by atoms with Crippen molar-refractivity contribution in [3.8, 4) is 22.8 Å². The van der Waals surface area contributed by atoms with E-state index in [4.69, 9.17) is 15.2 Å². The van der Waals surface area contributed by atoms with Gasteiger partial charge in [0.05, 0.1) is 24.3 Å². The first kappa shape index (κ1) is 31.9. The summed E-state index contributed by atoms with van der Waals surface area (Å²) >= 11 is 0. The van der Waals surface area contributed by atoms with E-state index in [-0.39, 0.29) is 24.2 Å². The van der Waals surface area contributed by atoms with E-state index in [2.05, 4.69) is 24.5 Å². The van der Waals surface area contributed by atoms with Crippen LogP contribution in [-0.4, -0.2) is 78.2 Å². The molecule has 2 aliphatic carbocycles. The third kappa shape index (κ3) is 7.00. The zero-order valence-corrected chi connectivity index (χ0v) is 25.7. The Labute approximate surface area is 265 Å². The van der Waals surface area contributed by atoms with Gasteiger partial charge < -0.3 is 30.0 Å². The summed E-state index contributed by atoms with van der Waals surface area (Å²) < 4.78 is 53.0. The number of carboxylic acid groups (broad SMARTS) is 1. The molecule has 1 saturated carbocycles. The Morgan fingerprint density at radius 2 is 1.80 bits per heavy atom. The number of nitrogens with two attached hydrogens (primary N) is 1. The van der Waals surface area contributed by atoms with Crippen molar-refractivity contribution in [2.45, 2.75) is 45.6 Å². The van der Waals surface area contributed by atoms with E-state index >= 15 is 0 Å². The van der Waals surface area contributed by atoms with Gasteiger partial charge in [-0.2, -0.15) is 4.98 Å². The van der Waals surface area contributed by atoms with Crippen LogP contribution in [-0.2, 0) is 29.0 Å². The molecule has 1 aliphatic heterocycles. The summed E-state index contributed by atoms with van der Waals surface area (Å²) in [5.41, 5.74) is 10.3. The van der Waals surface area contributed by atoms with Crippen molar-refractivity contribution in [3.63, 3.8) is 0 Å². The highest BCUT2D eigenvalue weighted by atomic mass is 19.4. The maximum absolute atomic E-state index is 12.4. The van der Waals surface area contributed by atoms with Crippen LogP contribution in [0.25, 0.3) is 11.3 Å². The zero-order chi connectivity index (χ0) is 32.5. The number of hydrogen-bond donors (Lipinski definition) is 2. The Morgan fingerprint density at radius 1 is 1.07 bits per heavy atom. The minimum atomic E-state index is -4.73. The molecule has 0 bridgehead atoms. The number of nitrogens with zero attached hydrogens (tertiary/aromatic N) is 4. The fourth-order valence-electron chi connectivity index (χ4n) is 6.56. The first-order chi connectivity index (χ1) is 22.0. The van der Waals surface area contributed by atoms with E-state index in [0.29, 0.717) is 37.4 Å². The average molecular weight is 642 g/mol. The van der Waals surface area contributed by atoms with Crippen LogP contribution < -0.4 is 20.1 Å². The molecule has 2 heterocycles. The number of aromatic nitrogens is 2. The molecule has 2 aromatic carbocycles. The molecule has 3 aliphatic rings. The van der Waals surface area contributed by atoms with Crippen LogP contribution in [0.2, 0.25) is 0 Å². The minimum absolute atomic E-state index is 0.113. The quantitative estimate of drug-likeness (QED) is 0.263. The number of carboxylic acids is 1. The molecule has 0 amide bonds. The molecule has 1 saturated heterocycles. The predicted octanol–water partition coefficient (Wildman–Crippen LogP) is 4.94. The lowest BCUT2D eigenvalue weighted by Gasteiger charge is -2.37. The Kier molecular flexibility index (Phi) is 8.97. The standard InChI is InChI=1S/C33H38F3N5O5/c1-2-32(30(42)43)18-23(32)20-44-16-15-40-11-13-41(14-12-40)29-27-9-5-22-17-25(8-10-26(22)28(27)38-31(37)39-29)45-19-21-3-6-24(7-4-21)46-33(34,35)36/h3-4,6-8,10,17,23H,2,5,9,11-16,18-20H2,1H3,(H,42,43)(H2,37,38,39). The molecule has 1 aromatic heterocycles. The molecule has 3 N–H and O–H groups in total. The maximum Gasteiger partial charge on any atom is 0.573 e. The van der Waals surface area contributed by atoms with Gasteiger partial charge in [0.1, 0.15) is 23.9 Å². The van der Waals surface area contributed by atoms with Crippen LogP contribution >= 0.6 is 0 Å². The lowest BCUT2D eigenvalue weighted by atomic mass is 9.88. The first-order valence-electron chi connectivity index (χ1n) is 15.6. The van der Waals surface area contributed by atoms with Gasteiger partial charge in [0.15, 0.2) is 0 Å². The van der Waals surface area contributed by atoms with Crippen molar-refractivity contribution >= 4 is 17.7 Å². The minimum Gasteiger partial charge on any atom is -0.489 e. The van der Waals surface area contributed by atoms with Crippen molar-refractivity contribution in [3.05, 3.63) is 59.2 Å². The maximum atomic E-state index is 12.4. The number of benzene rings is 2. The van der Waals surface area contributed by atoms with Gasteiger partial charge in [-0.15, -0.1) is 13.2 Å². The Bertz CT molecular complexity index is 1560. The molecule has 13 heteroatoms. The van der Waals surface area contributed by atoms with Crippen LogP contribution in [0.1, 0.15) is 36.5 Å². The number of hydrogen-bond acceptors (Lipinski definition) is 9. The van der Waals surface area contributed by atoms with E-state index in [1.165, 1.54) is 12.1 Å². The van der Waals surface area contributed by atoms with Crippen molar-refractivity contribution in [2.75, 3.05) is 56.6 Å². The SMILES string of the molecule is CCC1(C(=O)O)CC1COCCN1CCN(c2nc(N)nc3c2CCc2cc(OCc4ccc(OC(F)(F)F)cc4)ccc2-3)CC1. The molecule has 246 valence electrons. The molecule has 2 fully saturated rings. The molecule has 3 aromatic rings. The fourth-order valence-corrected chi connectivity index (χ4v) is 6.56. The van der Waals surface area contributed by atoms with E-state index in [1.807, 2.05) is 25.1 Å². The van der Waals surface area contributed by atoms with Crippen molar-refractivity contribution in [2.24, 2.45) is 11.3 Å². The summed E-state index contributed by atoms with van der Waals surface area (Å²) in [5, 5.41) is 9.47. The van der Waals surface area contributed by atoms with Crippen molar-refractivity contribution in [1.29, 1.82) is 0 Å². The number of anilines is 2. The Hall–Kier alpha value is -4.10. The summed E-state index contributed by atoms with van der Waals surface area (Å²) in [6, 6.07) is 11.4. The highest BCUT2D eigenvalue weighted by molar-refractivity contribution is 5.78. The third-order valence-corrected chi connectivity index (χ3v) is 9.37. The first-order valence-corrected chi connectivity index (χ1v) is 15.6. The number of piperazine rings is 1. The summed E-state index contributed by atoms with van der Waals surface area (Å²) in [6.07, 6.45) is -1.85. The number of fused-ring (bicyclic) bond motifs is 3. The number of carbonyl (C=O) groups is 1. The second-order valence-corrected chi connectivity index (χ2v) is 12.2. The lowest BCUT2D eigenvalue weighted by molar-refractivity contribution is -0.274. The number of alkyl halides is 3. The van der Waals surface area contributed by atoms with Crippen LogP contribution in [0.15, 0.2) is 42.5 Å². The van der Waals surface area contributed by atoms with E-state index in [9.17, 15) is 23.1 Å². The molecular formula is C33H38F3N5O5. The number of nitrogen functional groups attached to an aromatic ring is 1. The van der Waals surface area contributed by atoms with Gasteiger partial charge >= 0.3 is 12.3 Å². The summed E-state index contributed by atoms with van der Waals surface area (Å²) in [4.78, 5) is 25.4. The fraction of sp³-hybridized carbons (Fsp3) is 0.485. The number of rotatable bonds is 12. The number of aliphatic carboxylic acids is 1. The van der Waals surface area contributed by atoms with Gasteiger partial charge in [-0.1, -0.05) is 19.1 Å². The molecule has 2 atom stereocenters. The van der Waals surface area contributed by atoms with Gasteiger partial charge in [-0.3, -0.25) is 9.69 Å². The van der Waals surface area contributed by atoms with Gasteiger partial charge in [-0.05, 0) is 73.1 Å². The van der Waals surface area contributed by atoms with Gasteiger partial charge in [0.25, 0.3) is 0 Å². The summed E-state index contributed by atoms with van der Waals surface area (Å²) in [5.74, 6) is 0.883. The van der Waals surface area contributed by atoms with Gasteiger partial charge in [0, 0.05) is 43.9 Å². The Morgan fingerprint density at radius 3 is 2.48 bits per heavy atom. The molecule has 2 unspecified atom stereocenters. The second kappa shape index (κ2) is 13.0. The normalized spacial score (nSPS) is 21.0. The van der Waals surface area contributed by atoms with Crippen LogP contribution in [0.4, 0.5) is 24.9 Å². The summed E-state index contributed by atoms with van der Waals surface area (Å²) in [6.45, 7) is 7.31. The van der Waals surface area contributed by atoms with E-state index < -0.39 is 17.7 Å². The molecule has 46 heavy (non-hydrogen) atoms. The van der Waals surface area contributed by atoms with Crippen molar-refractivity contribution in [1.82, 2.24) is 14.9 Å². The summed E-state index contributed by atoms with van der Waals surface area (Å²) in [7, 11) is 0. The van der Waals surface area contributed by atoms with Gasteiger partial charge in [-0.25, -0.2) is 4.98 Å². The van der Waals surface area contributed by atoms with E-state index in [1.54, 1.807) is 12.1 Å². The molecule has 0 spiro atoms. The number of halogens is 3. The highest BCUT2D eigenvalue weighted by Crippen LogP contribution is 2.55. The second-order valence-electron chi connectivity index (χ2n) is 12.2. The van der Waals surface area contributed by atoms with Gasteiger partial charge in [0.2, 0.25) is 5.95 Å². The van der Waals surface area contributed by atoms with Crippen LogP contribution in [0.5, 0.6) is 11.5 Å². The molecule has 10 nitrogen and oxygen atoms in total. The van der Waals surface area contributed by atoms with Crippen molar-refractivity contribution < 1.29 is 37.3 Å². The van der Waals surface area contributed by atoms with E-state index in [0.717, 1.165) is 73.8 Å². The van der Waals surface area contributed by atoms with Crippen LogP contribution in [0, 0.1) is 11.3 Å². The number of aryl methyl sites for hydroxylation is 1. The lowest BCUT2D eigenvalue weighted by Crippen LogP contribution is -2.48. The number of ether oxygens (including phenoxy) is 3. The highest BCUT2D eigenvalue weighted by Gasteiger charge is 2.58. The molecular weight excluding hydrogens is 603 g/mol. The monoisotopic (exact) mass is 641 g/mol. The predicted molar refractivity (Wildman–Crippen MR) is 165 cm³/mol. The molecule has 0 radical (unpaired) electrons. The zero-order valence-electron chi connectivity index (χ0n) is 25.7. The largest absolute Gasteiger partial charge is 0.573 e. The topological polar surface area (TPSA) is 123 Å². The Balaban J connectivity index is 1.03. The van der Waals surface area contributed by atoms with Crippen LogP contribution in [0.3, 0.4) is 0 Å². The smallest absolute Gasteiger partial charge is 0.489 e.